The Morgan fingerprint density at radius 3 is 2.37 bits per heavy atom. The third-order valence-corrected chi connectivity index (χ3v) is 4.06. The van der Waals surface area contributed by atoms with Gasteiger partial charge in [0.2, 0.25) is 0 Å². The molecule has 0 aliphatic rings. The average molecular weight is 278 g/mol. The Labute approximate surface area is 120 Å². The van der Waals surface area contributed by atoms with Crippen molar-refractivity contribution in [3.05, 3.63) is 34.9 Å². The minimum absolute atomic E-state index is 0.113. The van der Waals surface area contributed by atoms with Crippen LogP contribution in [-0.4, -0.2) is 16.4 Å². The zero-order chi connectivity index (χ0) is 14.6. The Kier molecular flexibility index (Phi) is 5.06. The Morgan fingerprint density at radius 2 is 1.89 bits per heavy atom. The van der Waals surface area contributed by atoms with Crippen LogP contribution in [0, 0.1) is 13.8 Å². The Bertz CT molecular complexity index is 493. The van der Waals surface area contributed by atoms with Gasteiger partial charge in [-0.25, -0.2) is 0 Å². The summed E-state index contributed by atoms with van der Waals surface area (Å²) in [5.74, 6) is -0.113. The number of thiocarbonyl (C=S) groups is 1. The lowest BCUT2D eigenvalue weighted by molar-refractivity contribution is 0.0919. The van der Waals surface area contributed by atoms with Crippen LogP contribution in [0.25, 0.3) is 0 Å². The van der Waals surface area contributed by atoms with Crippen LogP contribution in [0.5, 0.6) is 0 Å². The lowest BCUT2D eigenvalue weighted by Crippen LogP contribution is -2.56. The molecule has 0 aliphatic heterocycles. The Balaban J connectivity index is 3.07. The van der Waals surface area contributed by atoms with E-state index in [1.54, 1.807) is 0 Å². The van der Waals surface area contributed by atoms with E-state index >= 15 is 0 Å². The van der Waals surface area contributed by atoms with Gasteiger partial charge in [-0.05, 0) is 38.3 Å². The van der Waals surface area contributed by atoms with Crippen molar-refractivity contribution in [3.8, 4) is 0 Å². The van der Waals surface area contributed by atoms with E-state index in [2.05, 4.69) is 5.32 Å². The van der Waals surface area contributed by atoms with Crippen molar-refractivity contribution in [1.82, 2.24) is 5.32 Å². The monoisotopic (exact) mass is 278 g/mol. The van der Waals surface area contributed by atoms with E-state index in [-0.39, 0.29) is 5.91 Å². The number of nitrogens with two attached hydrogens (primary N) is 1. The fourth-order valence-electron chi connectivity index (χ4n) is 2.10. The van der Waals surface area contributed by atoms with Gasteiger partial charge in [0.1, 0.15) is 0 Å². The molecular formula is C15H22N2OS. The molecule has 0 saturated heterocycles. The summed E-state index contributed by atoms with van der Waals surface area (Å²) in [7, 11) is 0. The van der Waals surface area contributed by atoms with E-state index in [9.17, 15) is 4.79 Å². The first kappa shape index (κ1) is 15.6. The van der Waals surface area contributed by atoms with Gasteiger partial charge in [0.05, 0.1) is 10.5 Å². The van der Waals surface area contributed by atoms with Crippen molar-refractivity contribution in [1.29, 1.82) is 0 Å². The highest BCUT2D eigenvalue weighted by molar-refractivity contribution is 7.80. The van der Waals surface area contributed by atoms with Gasteiger partial charge in [-0.15, -0.1) is 0 Å². The zero-order valence-corrected chi connectivity index (χ0v) is 12.9. The van der Waals surface area contributed by atoms with Gasteiger partial charge in [-0.2, -0.15) is 0 Å². The molecule has 3 nitrogen and oxygen atoms in total. The van der Waals surface area contributed by atoms with Crippen LogP contribution in [0.15, 0.2) is 18.2 Å². The van der Waals surface area contributed by atoms with E-state index in [0.717, 1.165) is 11.1 Å². The second kappa shape index (κ2) is 6.15. The zero-order valence-electron chi connectivity index (χ0n) is 12.0. The van der Waals surface area contributed by atoms with Crippen molar-refractivity contribution >= 4 is 23.1 Å². The minimum atomic E-state index is -0.595. The summed E-state index contributed by atoms with van der Waals surface area (Å²) in [6.45, 7) is 7.85. The topological polar surface area (TPSA) is 55.1 Å². The lowest BCUT2D eigenvalue weighted by atomic mass is 9.91. The number of hydrogen-bond donors (Lipinski definition) is 2. The molecule has 0 atom stereocenters. The predicted molar refractivity (Wildman–Crippen MR) is 83.5 cm³/mol. The van der Waals surface area contributed by atoms with Crippen molar-refractivity contribution in [2.75, 3.05) is 0 Å². The van der Waals surface area contributed by atoms with Crippen molar-refractivity contribution in [2.45, 2.75) is 46.1 Å². The Hall–Kier alpha value is -1.42. The molecule has 104 valence electrons. The fourth-order valence-corrected chi connectivity index (χ4v) is 2.44. The molecule has 0 fully saturated rings. The first-order valence-corrected chi connectivity index (χ1v) is 6.96. The normalized spacial score (nSPS) is 11.2. The summed E-state index contributed by atoms with van der Waals surface area (Å²) in [6, 6.07) is 5.83. The lowest BCUT2D eigenvalue weighted by Gasteiger charge is -2.32. The summed E-state index contributed by atoms with van der Waals surface area (Å²) in [4.78, 5) is 12.8. The van der Waals surface area contributed by atoms with E-state index < -0.39 is 5.54 Å². The quantitative estimate of drug-likeness (QED) is 0.814. The molecule has 0 bridgehead atoms. The number of nitrogens with one attached hydrogen (secondary N) is 1. The maximum absolute atomic E-state index is 12.4. The van der Waals surface area contributed by atoms with Crippen molar-refractivity contribution in [3.63, 3.8) is 0 Å². The van der Waals surface area contributed by atoms with E-state index in [1.807, 2.05) is 45.9 Å². The maximum Gasteiger partial charge on any atom is 0.252 e. The molecule has 0 aromatic heterocycles. The molecule has 1 rings (SSSR count). The number of benzene rings is 1. The molecule has 3 N–H and O–H groups in total. The first-order valence-electron chi connectivity index (χ1n) is 6.56. The molecule has 0 saturated carbocycles. The van der Waals surface area contributed by atoms with Gasteiger partial charge < -0.3 is 11.1 Å². The highest BCUT2D eigenvalue weighted by atomic mass is 32.1. The van der Waals surface area contributed by atoms with Gasteiger partial charge >= 0.3 is 0 Å². The van der Waals surface area contributed by atoms with Crippen LogP contribution in [0.2, 0.25) is 0 Å². The molecule has 0 aliphatic carbocycles. The molecule has 1 amide bonds. The molecule has 1 aromatic rings. The van der Waals surface area contributed by atoms with Gasteiger partial charge in [-0.3, -0.25) is 4.79 Å². The first-order chi connectivity index (χ1) is 8.86. The standard InChI is InChI=1S/C15H22N2OS/c1-5-15(6-2,14(16)19)17-13(18)12-9-10(3)7-8-11(12)4/h7-9H,5-6H2,1-4H3,(H2,16,19)(H,17,18). The van der Waals surface area contributed by atoms with Gasteiger partial charge in [-0.1, -0.05) is 43.8 Å². The summed E-state index contributed by atoms with van der Waals surface area (Å²) < 4.78 is 0. The third kappa shape index (κ3) is 3.32. The molecule has 19 heavy (non-hydrogen) atoms. The third-order valence-electron chi connectivity index (χ3n) is 3.67. The number of amides is 1. The highest BCUT2D eigenvalue weighted by Gasteiger charge is 2.31. The van der Waals surface area contributed by atoms with Crippen LogP contribution >= 0.6 is 12.2 Å². The maximum atomic E-state index is 12.4. The van der Waals surface area contributed by atoms with Crippen LogP contribution in [0.4, 0.5) is 0 Å². The molecule has 0 spiro atoms. The van der Waals surface area contributed by atoms with Crippen molar-refractivity contribution < 1.29 is 4.79 Å². The van der Waals surface area contributed by atoms with Crippen molar-refractivity contribution in [2.24, 2.45) is 5.73 Å². The largest absolute Gasteiger partial charge is 0.391 e. The highest BCUT2D eigenvalue weighted by Crippen LogP contribution is 2.18. The number of aryl methyl sites for hydroxylation is 2. The number of rotatable bonds is 5. The SMILES string of the molecule is CCC(CC)(NC(=O)c1cc(C)ccc1C)C(N)=S. The van der Waals surface area contributed by atoms with Crippen LogP contribution in [0.3, 0.4) is 0 Å². The van der Waals surface area contributed by atoms with E-state index in [4.69, 9.17) is 18.0 Å². The molecule has 1 aromatic carbocycles. The molecule has 0 radical (unpaired) electrons. The van der Waals surface area contributed by atoms with Gasteiger partial charge in [0, 0.05) is 5.56 Å². The number of hydrogen-bond acceptors (Lipinski definition) is 2. The predicted octanol–water partition coefficient (Wildman–Crippen LogP) is 2.88. The number of carbonyl (C=O) groups is 1. The molecule has 0 unspecified atom stereocenters. The molecular weight excluding hydrogens is 256 g/mol. The number of carbonyl (C=O) groups excluding carboxylic acids is 1. The van der Waals surface area contributed by atoms with Crippen LogP contribution < -0.4 is 11.1 Å². The molecule has 4 heteroatoms. The van der Waals surface area contributed by atoms with Crippen LogP contribution in [-0.2, 0) is 0 Å². The smallest absolute Gasteiger partial charge is 0.252 e. The van der Waals surface area contributed by atoms with Gasteiger partial charge in [0.25, 0.3) is 5.91 Å². The fraction of sp³-hybridized carbons (Fsp3) is 0.467. The summed E-state index contributed by atoms with van der Waals surface area (Å²) in [5.41, 5.74) is 7.90. The summed E-state index contributed by atoms with van der Waals surface area (Å²) in [5, 5.41) is 3.01. The molecule has 0 heterocycles. The van der Waals surface area contributed by atoms with Crippen LogP contribution in [0.1, 0.15) is 48.2 Å². The summed E-state index contributed by atoms with van der Waals surface area (Å²) in [6.07, 6.45) is 1.38. The Morgan fingerprint density at radius 1 is 1.32 bits per heavy atom. The summed E-state index contributed by atoms with van der Waals surface area (Å²) >= 11 is 5.12. The second-order valence-electron chi connectivity index (χ2n) is 4.93. The minimum Gasteiger partial charge on any atom is -0.391 e. The second-order valence-corrected chi connectivity index (χ2v) is 5.37. The van der Waals surface area contributed by atoms with Gasteiger partial charge in [0.15, 0.2) is 0 Å². The van der Waals surface area contributed by atoms with E-state index in [0.29, 0.717) is 23.4 Å². The average Bonchev–Trinajstić information content (AvgIpc) is 2.38. The van der Waals surface area contributed by atoms with E-state index in [1.165, 1.54) is 0 Å².